The molecule has 0 radical (unpaired) electrons. The first kappa shape index (κ1) is 17.1. The lowest BCUT2D eigenvalue weighted by atomic mass is 10.1. The summed E-state index contributed by atoms with van der Waals surface area (Å²) in [6.07, 6.45) is 1.64. The van der Waals surface area contributed by atoms with E-state index in [1.54, 1.807) is 6.26 Å². The van der Waals surface area contributed by atoms with E-state index >= 15 is 0 Å². The second-order valence-electron chi connectivity index (χ2n) is 5.86. The summed E-state index contributed by atoms with van der Waals surface area (Å²) < 4.78 is 11.0. The van der Waals surface area contributed by atoms with Crippen molar-refractivity contribution in [3.8, 4) is 5.75 Å². The monoisotopic (exact) mass is 316 g/mol. The molecular weight excluding hydrogens is 292 g/mol. The Bertz CT molecular complexity index is 636. The Labute approximate surface area is 137 Å². The number of amides is 1. The smallest absolute Gasteiger partial charge is 0.258 e. The maximum absolute atomic E-state index is 12.0. The Balaban J connectivity index is 1.86. The van der Waals surface area contributed by atoms with E-state index in [9.17, 15) is 4.79 Å². The van der Waals surface area contributed by atoms with Gasteiger partial charge in [-0.25, -0.2) is 0 Å². The Hall–Kier alpha value is -2.27. The maximum Gasteiger partial charge on any atom is 0.258 e. The molecule has 5 heteroatoms. The van der Waals surface area contributed by atoms with Gasteiger partial charge in [0.15, 0.2) is 6.61 Å². The maximum atomic E-state index is 12.0. The number of hydrogen-bond donors (Lipinski definition) is 1. The largest absolute Gasteiger partial charge is 0.483 e. The molecule has 0 fully saturated rings. The van der Waals surface area contributed by atoms with E-state index in [0.717, 1.165) is 22.6 Å². The van der Waals surface area contributed by atoms with E-state index in [0.29, 0.717) is 6.54 Å². The molecule has 0 aliphatic rings. The van der Waals surface area contributed by atoms with E-state index in [1.807, 2.05) is 63.2 Å². The average Bonchev–Trinajstić information content (AvgIpc) is 3.02. The van der Waals surface area contributed by atoms with E-state index in [4.69, 9.17) is 9.15 Å². The molecular formula is C18H24N2O3. The van der Waals surface area contributed by atoms with Crippen LogP contribution in [0.15, 0.2) is 41.0 Å². The first-order valence-corrected chi connectivity index (χ1v) is 7.64. The average molecular weight is 316 g/mol. The van der Waals surface area contributed by atoms with E-state index < -0.39 is 0 Å². The topological polar surface area (TPSA) is 54.7 Å². The van der Waals surface area contributed by atoms with Gasteiger partial charge in [-0.3, -0.25) is 9.69 Å². The Morgan fingerprint density at radius 1 is 1.30 bits per heavy atom. The van der Waals surface area contributed by atoms with Crippen molar-refractivity contribution in [3.05, 3.63) is 53.5 Å². The van der Waals surface area contributed by atoms with Gasteiger partial charge in [-0.15, -0.1) is 0 Å². The molecule has 0 saturated carbocycles. The van der Waals surface area contributed by atoms with Gasteiger partial charge in [0.05, 0.1) is 12.3 Å². The van der Waals surface area contributed by atoms with Gasteiger partial charge >= 0.3 is 0 Å². The molecule has 1 N–H and O–H groups in total. The molecule has 0 aliphatic heterocycles. The lowest BCUT2D eigenvalue weighted by molar-refractivity contribution is -0.123. The third kappa shape index (κ3) is 4.86. The van der Waals surface area contributed by atoms with Crippen LogP contribution < -0.4 is 10.1 Å². The van der Waals surface area contributed by atoms with Crippen LogP contribution in [0, 0.1) is 13.8 Å². The van der Waals surface area contributed by atoms with Crippen molar-refractivity contribution in [1.29, 1.82) is 0 Å². The minimum Gasteiger partial charge on any atom is -0.483 e. The Kier molecular flexibility index (Phi) is 5.82. The molecule has 1 aromatic heterocycles. The van der Waals surface area contributed by atoms with Crippen LogP contribution in [0.2, 0.25) is 0 Å². The second kappa shape index (κ2) is 7.83. The molecule has 1 aromatic carbocycles. The van der Waals surface area contributed by atoms with E-state index in [-0.39, 0.29) is 18.6 Å². The van der Waals surface area contributed by atoms with Crippen molar-refractivity contribution in [2.24, 2.45) is 0 Å². The number of likely N-dealkylation sites (N-methyl/N-ethyl adjacent to an activating group) is 1. The number of nitrogens with zero attached hydrogens (tertiary/aromatic N) is 1. The molecule has 23 heavy (non-hydrogen) atoms. The number of rotatable bonds is 7. The van der Waals surface area contributed by atoms with E-state index in [2.05, 4.69) is 5.32 Å². The molecule has 124 valence electrons. The summed E-state index contributed by atoms with van der Waals surface area (Å²) in [6.45, 7) is 4.43. The van der Waals surface area contributed by atoms with Crippen LogP contribution in [0.4, 0.5) is 0 Å². The zero-order valence-corrected chi connectivity index (χ0v) is 14.1. The molecule has 1 atom stereocenters. The quantitative estimate of drug-likeness (QED) is 0.853. The van der Waals surface area contributed by atoms with Crippen molar-refractivity contribution in [2.75, 3.05) is 27.2 Å². The number of nitrogens with one attached hydrogen (secondary N) is 1. The number of carbonyl (C=O) groups is 1. The van der Waals surface area contributed by atoms with Crippen LogP contribution in [0.3, 0.4) is 0 Å². The van der Waals surface area contributed by atoms with Gasteiger partial charge in [0, 0.05) is 6.54 Å². The molecule has 1 unspecified atom stereocenters. The zero-order chi connectivity index (χ0) is 16.8. The third-order valence-corrected chi connectivity index (χ3v) is 3.69. The summed E-state index contributed by atoms with van der Waals surface area (Å²) in [4.78, 5) is 14.0. The van der Waals surface area contributed by atoms with Gasteiger partial charge in [-0.2, -0.15) is 0 Å². The Morgan fingerprint density at radius 3 is 2.74 bits per heavy atom. The number of ether oxygens (including phenoxy) is 1. The summed E-state index contributed by atoms with van der Waals surface area (Å²) >= 11 is 0. The standard InChI is InChI=1S/C18H24N2O3/c1-13-7-8-14(2)17(10-13)23-12-18(21)19-11-15(20(3)4)16-6-5-9-22-16/h5-10,15H,11-12H2,1-4H3,(H,19,21). The predicted octanol–water partition coefficient (Wildman–Crippen LogP) is 2.69. The van der Waals surface area contributed by atoms with Gasteiger partial charge in [0.2, 0.25) is 0 Å². The van der Waals surface area contributed by atoms with Crippen LogP contribution in [0.1, 0.15) is 22.9 Å². The van der Waals surface area contributed by atoms with Gasteiger partial charge in [-0.1, -0.05) is 12.1 Å². The molecule has 0 saturated heterocycles. The first-order valence-electron chi connectivity index (χ1n) is 7.64. The van der Waals surface area contributed by atoms with Crippen LogP contribution in [-0.4, -0.2) is 38.1 Å². The fourth-order valence-corrected chi connectivity index (χ4v) is 2.29. The molecule has 0 spiro atoms. The minimum atomic E-state index is -0.149. The normalized spacial score (nSPS) is 12.2. The number of carbonyl (C=O) groups excluding carboxylic acids is 1. The zero-order valence-electron chi connectivity index (χ0n) is 14.1. The summed E-state index contributed by atoms with van der Waals surface area (Å²) in [6, 6.07) is 9.69. The molecule has 1 amide bonds. The van der Waals surface area contributed by atoms with Crippen molar-refractivity contribution in [2.45, 2.75) is 19.9 Å². The van der Waals surface area contributed by atoms with Crippen LogP contribution >= 0.6 is 0 Å². The van der Waals surface area contributed by atoms with Gasteiger partial charge in [-0.05, 0) is 57.3 Å². The number of aryl methyl sites for hydroxylation is 2. The predicted molar refractivity (Wildman–Crippen MR) is 89.6 cm³/mol. The summed E-state index contributed by atoms with van der Waals surface area (Å²) in [5, 5.41) is 2.89. The lowest BCUT2D eigenvalue weighted by Gasteiger charge is -2.22. The minimum absolute atomic E-state index is 0.00258. The third-order valence-electron chi connectivity index (χ3n) is 3.69. The number of furan rings is 1. The molecule has 2 rings (SSSR count). The number of benzene rings is 1. The van der Waals surface area contributed by atoms with Crippen molar-refractivity contribution < 1.29 is 13.9 Å². The SMILES string of the molecule is Cc1ccc(C)c(OCC(=O)NCC(c2ccco2)N(C)C)c1. The molecule has 2 aromatic rings. The molecule has 0 aliphatic carbocycles. The molecule has 1 heterocycles. The van der Waals surface area contributed by atoms with Gasteiger partial charge in [0.1, 0.15) is 11.5 Å². The van der Waals surface area contributed by atoms with Crippen LogP contribution in [0.5, 0.6) is 5.75 Å². The molecule has 0 bridgehead atoms. The van der Waals surface area contributed by atoms with Crippen LogP contribution in [0.25, 0.3) is 0 Å². The highest BCUT2D eigenvalue weighted by molar-refractivity contribution is 5.77. The van der Waals surface area contributed by atoms with E-state index in [1.165, 1.54) is 0 Å². The highest BCUT2D eigenvalue weighted by atomic mass is 16.5. The summed E-state index contributed by atoms with van der Waals surface area (Å²) in [5.74, 6) is 1.42. The van der Waals surface area contributed by atoms with Crippen molar-refractivity contribution in [3.63, 3.8) is 0 Å². The van der Waals surface area contributed by atoms with Gasteiger partial charge < -0.3 is 14.5 Å². The molecule has 5 nitrogen and oxygen atoms in total. The fourth-order valence-electron chi connectivity index (χ4n) is 2.29. The summed E-state index contributed by atoms with van der Waals surface area (Å²) in [5.41, 5.74) is 2.13. The van der Waals surface area contributed by atoms with Crippen molar-refractivity contribution >= 4 is 5.91 Å². The summed E-state index contributed by atoms with van der Waals surface area (Å²) in [7, 11) is 3.90. The van der Waals surface area contributed by atoms with Crippen molar-refractivity contribution in [1.82, 2.24) is 10.2 Å². The Morgan fingerprint density at radius 2 is 2.09 bits per heavy atom. The number of hydrogen-bond acceptors (Lipinski definition) is 4. The lowest BCUT2D eigenvalue weighted by Crippen LogP contribution is -2.36. The highest BCUT2D eigenvalue weighted by Gasteiger charge is 2.18. The fraction of sp³-hybridized carbons (Fsp3) is 0.389. The van der Waals surface area contributed by atoms with Gasteiger partial charge in [0.25, 0.3) is 5.91 Å². The second-order valence-corrected chi connectivity index (χ2v) is 5.86. The van der Waals surface area contributed by atoms with Crippen LogP contribution in [-0.2, 0) is 4.79 Å². The first-order chi connectivity index (χ1) is 11.0. The highest BCUT2D eigenvalue weighted by Crippen LogP contribution is 2.19.